The number of likely N-dealkylation sites (tertiary alicyclic amines) is 1. The molecule has 3 amide bonds. The Morgan fingerprint density at radius 2 is 1.61 bits per heavy atom. The van der Waals surface area contributed by atoms with Crippen LogP contribution in [0.15, 0.2) is 18.2 Å². The molecule has 0 aromatic heterocycles. The maximum absolute atomic E-state index is 13.3. The molecule has 2 saturated heterocycles. The third-order valence-corrected chi connectivity index (χ3v) is 6.79. The average molecular weight is 497 g/mol. The van der Waals surface area contributed by atoms with Gasteiger partial charge in [0.2, 0.25) is 11.8 Å². The van der Waals surface area contributed by atoms with Gasteiger partial charge in [0.1, 0.15) is 6.04 Å². The SMILES string of the molecule is CC(C)CC(NC(=O)c1ccc(Cl)cc1Cl)C(=O)N1CCN(CC(=O)N2CCCCC2)CC1. The summed E-state index contributed by atoms with van der Waals surface area (Å²) in [7, 11) is 0. The predicted octanol–water partition coefficient (Wildman–Crippen LogP) is 3.29. The number of nitrogens with one attached hydrogen (secondary N) is 1. The lowest BCUT2D eigenvalue weighted by Crippen LogP contribution is -2.56. The highest BCUT2D eigenvalue weighted by molar-refractivity contribution is 6.36. The van der Waals surface area contributed by atoms with E-state index in [0.717, 1.165) is 25.9 Å². The Balaban J connectivity index is 1.56. The summed E-state index contributed by atoms with van der Waals surface area (Å²) in [5.74, 6) is -0.0757. The second-order valence-electron chi connectivity index (χ2n) is 9.32. The van der Waals surface area contributed by atoms with Crippen LogP contribution in [0, 0.1) is 5.92 Å². The Kier molecular flexibility index (Phi) is 9.41. The van der Waals surface area contributed by atoms with Crippen molar-refractivity contribution in [1.82, 2.24) is 20.0 Å². The van der Waals surface area contributed by atoms with E-state index in [1.807, 2.05) is 18.7 Å². The number of benzene rings is 1. The first-order chi connectivity index (χ1) is 15.7. The highest BCUT2D eigenvalue weighted by Gasteiger charge is 2.31. The fourth-order valence-electron chi connectivity index (χ4n) is 4.38. The van der Waals surface area contributed by atoms with E-state index in [1.54, 1.807) is 17.0 Å². The van der Waals surface area contributed by atoms with Gasteiger partial charge in [0, 0.05) is 44.3 Å². The van der Waals surface area contributed by atoms with Crippen LogP contribution in [0.4, 0.5) is 0 Å². The van der Waals surface area contributed by atoms with Crippen LogP contribution in [0.3, 0.4) is 0 Å². The van der Waals surface area contributed by atoms with Gasteiger partial charge in [-0.05, 0) is 49.8 Å². The molecule has 33 heavy (non-hydrogen) atoms. The molecule has 2 heterocycles. The molecule has 2 aliphatic rings. The van der Waals surface area contributed by atoms with Crippen LogP contribution >= 0.6 is 23.2 Å². The standard InChI is InChI=1S/C24H34Cl2N4O3/c1-17(2)14-21(27-23(32)19-7-6-18(25)15-20(19)26)24(33)30-12-10-28(11-13-30)16-22(31)29-8-4-3-5-9-29/h6-7,15,17,21H,3-5,8-14,16H2,1-2H3,(H,27,32). The van der Waals surface area contributed by atoms with Crippen LogP contribution in [-0.4, -0.2) is 84.3 Å². The van der Waals surface area contributed by atoms with E-state index in [-0.39, 0.29) is 28.7 Å². The second kappa shape index (κ2) is 12.0. The Morgan fingerprint density at radius 1 is 0.939 bits per heavy atom. The molecule has 0 bridgehead atoms. The van der Waals surface area contributed by atoms with E-state index in [9.17, 15) is 14.4 Å². The van der Waals surface area contributed by atoms with Crippen molar-refractivity contribution in [1.29, 1.82) is 0 Å². The van der Waals surface area contributed by atoms with Gasteiger partial charge in [0.15, 0.2) is 0 Å². The number of piperidine rings is 1. The molecule has 9 heteroatoms. The number of carbonyl (C=O) groups is 3. The number of hydrogen-bond acceptors (Lipinski definition) is 4. The van der Waals surface area contributed by atoms with Crippen molar-refractivity contribution in [2.24, 2.45) is 5.92 Å². The molecular weight excluding hydrogens is 463 g/mol. The third-order valence-electron chi connectivity index (χ3n) is 6.24. The number of amides is 3. The van der Waals surface area contributed by atoms with Gasteiger partial charge in [-0.25, -0.2) is 0 Å². The first-order valence-corrected chi connectivity index (χ1v) is 12.5. The minimum Gasteiger partial charge on any atom is -0.342 e. The Hall–Kier alpha value is -1.83. The fourth-order valence-corrected chi connectivity index (χ4v) is 4.88. The summed E-state index contributed by atoms with van der Waals surface area (Å²) < 4.78 is 0. The summed E-state index contributed by atoms with van der Waals surface area (Å²) in [5.41, 5.74) is 0.295. The van der Waals surface area contributed by atoms with E-state index in [1.165, 1.54) is 12.5 Å². The van der Waals surface area contributed by atoms with Crippen LogP contribution in [0.2, 0.25) is 10.0 Å². The van der Waals surface area contributed by atoms with Crippen molar-refractivity contribution in [2.75, 3.05) is 45.8 Å². The van der Waals surface area contributed by atoms with Gasteiger partial charge >= 0.3 is 0 Å². The molecule has 3 rings (SSSR count). The number of rotatable bonds is 7. The van der Waals surface area contributed by atoms with Crippen molar-refractivity contribution in [3.63, 3.8) is 0 Å². The van der Waals surface area contributed by atoms with Crippen LogP contribution < -0.4 is 5.32 Å². The third kappa shape index (κ3) is 7.33. The maximum atomic E-state index is 13.3. The van der Waals surface area contributed by atoms with Crippen LogP contribution in [0.25, 0.3) is 0 Å². The first kappa shape index (κ1) is 25.8. The Labute approximate surface area is 206 Å². The van der Waals surface area contributed by atoms with E-state index in [2.05, 4.69) is 10.2 Å². The molecule has 0 spiro atoms. The zero-order valence-corrected chi connectivity index (χ0v) is 21.0. The second-order valence-corrected chi connectivity index (χ2v) is 10.2. The maximum Gasteiger partial charge on any atom is 0.253 e. The zero-order chi connectivity index (χ0) is 24.0. The number of nitrogens with zero attached hydrogens (tertiary/aromatic N) is 3. The van der Waals surface area contributed by atoms with Crippen LogP contribution in [0.1, 0.15) is 49.9 Å². The molecule has 1 aromatic rings. The molecule has 0 radical (unpaired) electrons. The minimum absolute atomic E-state index is 0.0934. The number of hydrogen-bond donors (Lipinski definition) is 1. The van der Waals surface area contributed by atoms with Gasteiger partial charge in [0.25, 0.3) is 5.91 Å². The molecule has 2 aliphatic heterocycles. The van der Waals surface area contributed by atoms with Gasteiger partial charge in [-0.3, -0.25) is 19.3 Å². The summed E-state index contributed by atoms with van der Waals surface area (Å²) in [6, 6.07) is 4.05. The average Bonchev–Trinajstić information content (AvgIpc) is 2.79. The molecule has 0 aliphatic carbocycles. The van der Waals surface area contributed by atoms with Gasteiger partial charge < -0.3 is 15.1 Å². The lowest BCUT2D eigenvalue weighted by Gasteiger charge is -2.37. The smallest absolute Gasteiger partial charge is 0.253 e. The monoisotopic (exact) mass is 496 g/mol. The van der Waals surface area contributed by atoms with Gasteiger partial charge in [-0.15, -0.1) is 0 Å². The molecule has 1 N–H and O–H groups in total. The predicted molar refractivity (Wildman–Crippen MR) is 131 cm³/mol. The van der Waals surface area contributed by atoms with Crippen LogP contribution in [0.5, 0.6) is 0 Å². The largest absolute Gasteiger partial charge is 0.342 e. The summed E-state index contributed by atoms with van der Waals surface area (Å²) in [5, 5.41) is 3.58. The molecule has 182 valence electrons. The van der Waals surface area contributed by atoms with Crippen molar-refractivity contribution >= 4 is 40.9 Å². The van der Waals surface area contributed by atoms with E-state index in [4.69, 9.17) is 23.2 Å². The molecule has 1 unspecified atom stereocenters. The van der Waals surface area contributed by atoms with Crippen molar-refractivity contribution in [3.05, 3.63) is 33.8 Å². The molecule has 7 nitrogen and oxygen atoms in total. The Morgan fingerprint density at radius 3 is 2.21 bits per heavy atom. The normalized spacial score (nSPS) is 18.3. The lowest BCUT2D eigenvalue weighted by molar-refractivity contribution is -0.137. The summed E-state index contributed by atoms with van der Waals surface area (Å²) in [6.45, 7) is 8.53. The summed E-state index contributed by atoms with van der Waals surface area (Å²) >= 11 is 12.1. The highest BCUT2D eigenvalue weighted by atomic mass is 35.5. The first-order valence-electron chi connectivity index (χ1n) is 11.8. The van der Waals surface area contributed by atoms with E-state index < -0.39 is 6.04 Å². The molecule has 0 saturated carbocycles. The zero-order valence-electron chi connectivity index (χ0n) is 19.5. The number of carbonyl (C=O) groups excluding carboxylic acids is 3. The number of halogens is 2. The van der Waals surface area contributed by atoms with Gasteiger partial charge in [0.05, 0.1) is 17.1 Å². The summed E-state index contributed by atoms with van der Waals surface area (Å²) in [4.78, 5) is 44.5. The lowest BCUT2D eigenvalue weighted by atomic mass is 10.0. The molecular formula is C24H34Cl2N4O3. The van der Waals surface area contributed by atoms with Gasteiger partial charge in [-0.1, -0.05) is 37.0 Å². The van der Waals surface area contributed by atoms with Crippen molar-refractivity contribution < 1.29 is 14.4 Å². The minimum atomic E-state index is -0.634. The topological polar surface area (TPSA) is 73.0 Å². The van der Waals surface area contributed by atoms with E-state index >= 15 is 0 Å². The fraction of sp³-hybridized carbons (Fsp3) is 0.625. The molecule has 1 aromatic carbocycles. The quantitative estimate of drug-likeness (QED) is 0.628. The molecule has 2 fully saturated rings. The van der Waals surface area contributed by atoms with Crippen molar-refractivity contribution in [3.8, 4) is 0 Å². The highest BCUT2D eigenvalue weighted by Crippen LogP contribution is 2.21. The van der Waals surface area contributed by atoms with Crippen molar-refractivity contribution in [2.45, 2.75) is 45.6 Å². The summed E-state index contributed by atoms with van der Waals surface area (Å²) in [6.07, 6.45) is 3.89. The van der Waals surface area contributed by atoms with Gasteiger partial charge in [-0.2, -0.15) is 0 Å². The molecule has 1 atom stereocenters. The Bertz CT molecular complexity index is 850. The van der Waals surface area contributed by atoms with Crippen LogP contribution in [-0.2, 0) is 9.59 Å². The van der Waals surface area contributed by atoms with E-state index in [0.29, 0.717) is 49.7 Å². The number of piperazine rings is 1.